The molecule has 31 heavy (non-hydrogen) atoms. The molecule has 0 N–H and O–H groups in total. The third-order valence-electron chi connectivity index (χ3n) is 4.93. The van der Waals surface area contributed by atoms with Crippen LogP contribution in [0.3, 0.4) is 0 Å². The number of carbonyl (C=O) groups excluding carboxylic acids is 1. The van der Waals surface area contributed by atoms with Crippen LogP contribution in [0.2, 0.25) is 0 Å². The van der Waals surface area contributed by atoms with Gasteiger partial charge in [0.25, 0.3) is 5.91 Å². The number of fused-ring (bicyclic) bond motifs is 2. The predicted molar refractivity (Wildman–Crippen MR) is 121 cm³/mol. The maximum absolute atomic E-state index is 13.5. The molecule has 5 rings (SSSR count). The summed E-state index contributed by atoms with van der Waals surface area (Å²) in [6.45, 7) is 4.00. The smallest absolute Gasteiger partial charge is 0.297 e. The van der Waals surface area contributed by atoms with Crippen LogP contribution in [0.15, 0.2) is 74.3 Å². The van der Waals surface area contributed by atoms with Crippen molar-refractivity contribution in [1.29, 1.82) is 0 Å². The summed E-state index contributed by atoms with van der Waals surface area (Å²) in [5, 5.41) is 8.70. The topological polar surface area (TPSA) is 85.5 Å². The van der Waals surface area contributed by atoms with Gasteiger partial charge in [-0.05, 0) is 35.9 Å². The summed E-state index contributed by atoms with van der Waals surface area (Å²) in [4.78, 5) is 28.4. The number of anilines is 1. The van der Waals surface area contributed by atoms with Crippen LogP contribution in [-0.2, 0) is 0 Å². The molecule has 0 spiro atoms. The van der Waals surface area contributed by atoms with Gasteiger partial charge >= 0.3 is 0 Å². The summed E-state index contributed by atoms with van der Waals surface area (Å²) in [7, 11) is 0. The van der Waals surface area contributed by atoms with Crippen LogP contribution in [0.4, 0.5) is 5.13 Å². The number of benzene rings is 2. The number of halogens is 1. The van der Waals surface area contributed by atoms with Gasteiger partial charge in [0.2, 0.25) is 10.9 Å². The van der Waals surface area contributed by atoms with E-state index in [0.717, 1.165) is 4.47 Å². The number of amides is 1. The monoisotopic (exact) mass is 495 g/mol. The highest BCUT2D eigenvalue weighted by Crippen LogP contribution is 2.42. The predicted octanol–water partition coefficient (Wildman–Crippen LogP) is 4.72. The van der Waals surface area contributed by atoms with Crippen molar-refractivity contribution < 1.29 is 13.9 Å². The van der Waals surface area contributed by atoms with E-state index in [1.165, 1.54) is 21.7 Å². The molecule has 0 aliphatic carbocycles. The second-order valence-corrected chi connectivity index (χ2v) is 8.51. The molecular weight excluding hydrogens is 482 g/mol. The standard InChI is InChI=1S/C22H14BrN3O4S/c1-2-8-29-14-5-3-4-12(9-14)18-17-19(27)15-10-13(23)6-7-16(15)30-20(17)21(28)26(18)22-25-24-11-31-22/h2-7,9-11,18H,1,8H2. The summed E-state index contributed by atoms with van der Waals surface area (Å²) in [6, 6.07) is 11.7. The Morgan fingerprint density at radius 3 is 2.90 bits per heavy atom. The van der Waals surface area contributed by atoms with E-state index in [0.29, 0.717) is 34.0 Å². The van der Waals surface area contributed by atoms with Gasteiger partial charge in [-0.1, -0.05) is 52.1 Å². The average Bonchev–Trinajstić information content (AvgIpc) is 3.40. The summed E-state index contributed by atoms with van der Waals surface area (Å²) >= 11 is 4.61. The van der Waals surface area contributed by atoms with Gasteiger partial charge in [0, 0.05) is 4.47 Å². The van der Waals surface area contributed by atoms with Gasteiger partial charge in [-0.2, -0.15) is 0 Å². The molecule has 1 aliphatic heterocycles. The van der Waals surface area contributed by atoms with Crippen molar-refractivity contribution in [3.05, 3.63) is 92.2 Å². The molecule has 0 fully saturated rings. The minimum atomic E-state index is -0.720. The number of nitrogens with zero attached hydrogens (tertiary/aromatic N) is 3. The first kappa shape index (κ1) is 19.7. The normalized spacial score (nSPS) is 15.3. The highest BCUT2D eigenvalue weighted by molar-refractivity contribution is 9.10. The zero-order valence-electron chi connectivity index (χ0n) is 15.9. The molecule has 3 heterocycles. The molecule has 0 saturated carbocycles. The van der Waals surface area contributed by atoms with Gasteiger partial charge in [0.05, 0.1) is 17.0 Å². The van der Waals surface area contributed by atoms with Crippen LogP contribution in [0, 0.1) is 0 Å². The van der Waals surface area contributed by atoms with Crippen LogP contribution in [0.1, 0.15) is 27.7 Å². The highest BCUT2D eigenvalue weighted by Gasteiger charge is 2.45. The molecule has 154 valence electrons. The molecule has 9 heteroatoms. The first-order valence-corrected chi connectivity index (χ1v) is 11.0. The van der Waals surface area contributed by atoms with Crippen LogP contribution in [0.25, 0.3) is 11.0 Å². The first-order chi connectivity index (χ1) is 15.1. The molecule has 2 aromatic carbocycles. The maximum atomic E-state index is 13.5. The van der Waals surface area contributed by atoms with Crippen molar-refractivity contribution in [3.63, 3.8) is 0 Å². The number of aromatic nitrogens is 2. The van der Waals surface area contributed by atoms with E-state index in [1.54, 1.807) is 36.4 Å². The summed E-state index contributed by atoms with van der Waals surface area (Å²) in [5.74, 6) is 0.178. The Bertz CT molecular complexity index is 1380. The average molecular weight is 496 g/mol. The Morgan fingerprint density at radius 2 is 2.13 bits per heavy atom. The minimum absolute atomic E-state index is 0.0115. The third kappa shape index (κ3) is 3.26. The number of rotatable bonds is 5. The van der Waals surface area contributed by atoms with E-state index in [2.05, 4.69) is 32.7 Å². The fraction of sp³-hybridized carbons (Fsp3) is 0.0909. The van der Waals surface area contributed by atoms with Crippen LogP contribution in [0.5, 0.6) is 5.75 Å². The molecule has 0 bridgehead atoms. The Morgan fingerprint density at radius 1 is 1.26 bits per heavy atom. The Labute approximate surface area is 188 Å². The van der Waals surface area contributed by atoms with E-state index in [4.69, 9.17) is 9.15 Å². The molecule has 1 atom stereocenters. The van der Waals surface area contributed by atoms with E-state index in [1.807, 2.05) is 12.1 Å². The lowest BCUT2D eigenvalue weighted by atomic mass is 9.98. The van der Waals surface area contributed by atoms with Gasteiger partial charge in [-0.3, -0.25) is 14.5 Å². The SMILES string of the molecule is C=CCOc1cccc(C2c3c(oc4ccc(Br)cc4c3=O)C(=O)N2c2nncs2)c1. The summed E-state index contributed by atoms with van der Waals surface area (Å²) in [6.07, 6.45) is 1.65. The van der Waals surface area contributed by atoms with E-state index >= 15 is 0 Å². The van der Waals surface area contributed by atoms with Gasteiger partial charge in [0.1, 0.15) is 23.4 Å². The molecular formula is C22H14BrN3O4S. The van der Waals surface area contributed by atoms with Crippen LogP contribution in [-0.4, -0.2) is 22.7 Å². The van der Waals surface area contributed by atoms with Gasteiger partial charge < -0.3 is 9.15 Å². The Hall–Kier alpha value is -3.30. The lowest BCUT2D eigenvalue weighted by Crippen LogP contribution is -2.29. The maximum Gasteiger partial charge on any atom is 0.297 e. The van der Waals surface area contributed by atoms with Gasteiger partial charge in [0.15, 0.2) is 5.43 Å². The van der Waals surface area contributed by atoms with Crippen molar-refractivity contribution in [2.24, 2.45) is 0 Å². The molecule has 2 aromatic heterocycles. The first-order valence-electron chi connectivity index (χ1n) is 9.28. The highest BCUT2D eigenvalue weighted by atomic mass is 79.9. The Kier molecular flexibility index (Phi) is 4.91. The van der Waals surface area contributed by atoms with Crippen molar-refractivity contribution in [1.82, 2.24) is 10.2 Å². The van der Waals surface area contributed by atoms with Crippen molar-refractivity contribution in [2.75, 3.05) is 11.5 Å². The summed E-state index contributed by atoms with van der Waals surface area (Å²) < 4.78 is 12.3. The van der Waals surface area contributed by atoms with Crippen LogP contribution >= 0.6 is 27.3 Å². The fourth-order valence-electron chi connectivity index (χ4n) is 3.66. The summed E-state index contributed by atoms with van der Waals surface area (Å²) in [5.41, 5.74) is 2.59. The zero-order valence-corrected chi connectivity index (χ0v) is 18.4. The van der Waals surface area contributed by atoms with E-state index < -0.39 is 11.9 Å². The second kappa shape index (κ2) is 7.75. The molecule has 0 saturated heterocycles. The third-order valence-corrected chi connectivity index (χ3v) is 6.11. The number of carbonyl (C=O) groups is 1. The molecule has 1 unspecified atom stereocenters. The quantitative estimate of drug-likeness (QED) is 0.372. The zero-order chi connectivity index (χ0) is 21.5. The van der Waals surface area contributed by atoms with Gasteiger partial charge in [-0.15, -0.1) is 10.2 Å². The largest absolute Gasteiger partial charge is 0.490 e. The van der Waals surface area contributed by atoms with Crippen LogP contribution < -0.4 is 15.1 Å². The second-order valence-electron chi connectivity index (χ2n) is 6.79. The molecule has 7 nitrogen and oxygen atoms in total. The van der Waals surface area contributed by atoms with Crippen molar-refractivity contribution in [2.45, 2.75) is 6.04 Å². The Balaban J connectivity index is 1.76. The van der Waals surface area contributed by atoms with E-state index in [-0.39, 0.29) is 16.8 Å². The minimum Gasteiger partial charge on any atom is -0.490 e. The van der Waals surface area contributed by atoms with Gasteiger partial charge in [-0.25, -0.2) is 0 Å². The number of hydrogen-bond donors (Lipinski definition) is 0. The molecule has 1 aliphatic rings. The lowest BCUT2D eigenvalue weighted by molar-refractivity contribution is 0.0970. The van der Waals surface area contributed by atoms with Crippen molar-refractivity contribution in [3.8, 4) is 5.75 Å². The molecule has 4 aromatic rings. The molecule has 1 amide bonds. The number of ether oxygens (including phenoxy) is 1. The van der Waals surface area contributed by atoms with E-state index in [9.17, 15) is 9.59 Å². The van der Waals surface area contributed by atoms with Crippen molar-refractivity contribution >= 4 is 49.3 Å². The number of hydrogen-bond acceptors (Lipinski definition) is 7. The lowest BCUT2D eigenvalue weighted by Gasteiger charge is -2.22. The fourth-order valence-corrected chi connectivity index (χ4v) is 4.61. The molecule has 0 radical (unpaired) electrons.